The third-order valence-electron chi connectivity index (χ3n) is 10.2. The largest absolute Gasteiger partial charge is 0.292 e. The highest BCUT2D eigenvalue weighted by molar-refractivity contribution is 6.28. The molecule has 9 aromatic rings. The highest BCUT2D eigenvalue weighted by Gasteiger charge is 2.35. The van der Waals surface area contributed by atoms with E-state index in [1.54, 1.807) is 0 Å². The molecule has 0 saturated carbocycles. The Balaban J connectivity index is 1.34. The van der Waals surface area contributed by atoms with Gasteiger partial charge in [-0.05, 0) is 74.1 Å². The summed E-state index contributed by atoms with van der Waals surface area (Å²) in [5.41, 5.74) is 11.2. The van der Waals surface area contributed by atoms with Crippen LogP contribution in [0.2, 0.25) is 0 Å². The van der Waals surface area contributed by atoms with Gasteiger partial charge in [-0.2, -0.15) is 0 Å². The number of rotatable bonds is 2. The first kappa shape index (κ1) is 25.5. The fraction of sp³-hybridized carbons (Fsp3) is 0.0698. The van der Waals surface area contributed by atoms with Crippen LogP contribution in [0.4, 0.5) is 0 Å². The third kappa shape index (κ3) is 3.37. The highest BCUT2D eigenvalue weighted by Crippen LogP contribution is 2.50. The summed E-state index contributed by atoms with van der Waals surface area (Å²) in [5, 5.41) is 7.44. The summed E-state index contributed by atoms with van der Waals surface area (Å²) >= 11 is 0. The molecule has 3 heteroatoms. The fourth-order valence-corrected chi connectivity index (χ4v) is 7.97. The Morgan fingerprint density at radius 2 is 1.07 bits per heavy atom. The van der Waals surface area contributed by atoms with E-state index in [0.717, 1.165) is 39.1 Å². The summed E-state index contributed by atoms with van der Waals surface area (Å²) in [6.07, 6.45) is 0. The maximum atomic E-state index is 5.42. The molecule has 7 aromatic carbocycles. The molecule has 0 bridgehead atoms. The Morgan fingerprint density at radius 1 is 0.500 bits per heavy atom. The number of hydrogen-bond acceptors (Lipinski definition) is 2. The van der Waals surface area contributed by atoms with Crippen LogP contribution in [-0.4, -0.2) is 14.5 Å². The summed E-state index contributed by atoms with van der Waals surface area (Å²) in [5.74, 6) is 0.845. The van der Waals surface area contributed by atoms with E-state index in [2.05, 4.69) is 146 Å². The zero-order chi connectivity index (χ0) is 30.6. The van der Waals surface area contributed by atoms with Gasteiger partial charge in [0.15, 0.2) is 5.82 Å². The van der Waals surface area contributed by atoms with E-state index in [4.69, 9.17) is 9.97 Å². The molecule has 10 rings (SSSR count). The van der Waals surface area contributed by atoms with E-state index in [1.165, 1.54) is 54.6 Å². The van der Waals surface area contributed by atoms with Gasteiger partial charge in [-0.1, -0.05) is 123 Å². The number of nitrogens with zero attached hydrogens (tertiary/aromatic N) is 3. The molecule has 0 atom stereocenters. The molecule has 1 aliphatic carbocycles. The second-order valence-electron chi connectivity index (χ2n) is 13.0. The molecule has 0 N–H and O–H groups in total. The Kier molecular flexibility index (Phi) is 5.06. The Hall–Kier alpha value is -5.80. The molecule has 0 saturated heterocycles. The van der Waals surface area contributed by atoms with Crippen LogP contribution in [0.5, 0.6) is 0 Å². The summed E-state index contributed by atoms with van der Waals surface area (Å²) in [4.78, 5) is 10.8. The molecular weight excluding hydrogens is 558 g/mol. The van der Waals surface area contributed by atoms with Crippen molar-refractivity contribution >= 4 is 54.4 Å². The number of fused-ring (bicyclic) bond motifs is 11. The van der Waals surface area contributed by atoms with Crippen molar-refractivity contribution in [3.8, 4) is 28.2 Å². The molecule has 216 valence electrons. The molecule has 0 aliphatic heterocycles. The minimum Gasteiger partial charge on any atom is -0.292 e. The lowest BCUT2D eigenvalue weighted by Gasteiger charge is -2.22. The first-order chi connectivity index (χ1) is 22.6. The highest BCUT2D eigenvalue weighted by atomic mass is 15.1. The summed E-state index contributed by atoms with van der Waals surface area (Å²) < 4.78 is 2.35. The van der Waals surface area contributed by atoms with Crippen molar-refractivity contribution in [2.45, 2.75) is 19.3 Å². The number of aromatic nitrogens is 3. The maximum absolute atomic E-state index is 5.42. The van der Waals surface area contributed by atoms with E-state index in [1.807, 2.05) is 12.1 Å². The lowest BCUT2D eigenvalue weighted by atomic mass is 9.82. The standard InChI is InChI=1S/C43H29N3/c1-43(2)33-16-8-7-15-31(33)32-22-19-28(25-34(32)43)41-42(45-36-18-10-9-17-35(36)44-41)46-37-23-20-26-11-3-5-13-29(26)39(37)40-30-14-6-4-12-27(30)21-24-38(40)46/h3-25H,1-2H3. The van der Waals surface area contributed by atoms with Gasteiger partial charge in [0.1, 0.15) is 5.69 Å². The zero-order valence-corrected chi connectivity index (χ0v) is 25.6. The Morgan fingerprint density at radius 3 is 1.76 bits per heavy atom. The van der Waals surface area contributed by atoms with E-state index >= 15 is 0 Å². The molecular formula is C43H29N3. The predicted octanol–water partition coefficient (Wildman–Crippen LogP) is 11.0. The van der Waals surface area contributed by atoms with Crippen LogP contribution in [0.3, 0.4) is 0 Å². The molecule has 0 amide bonds. The molecule has 0 spiro atoms. The third-order valence-corrected chi connectivity index (χ3v) is 10.2. The lowest BCUT2D eigenvalue weighted by molar-refractivity contribution is 0.660. The van der Waals surface area contributed by atoms with E-state index in [-0.39, 0.29) is 5.41 Å². The van der Waals surface area contributed by atoms with Crippen LogP contribution in [0, 0.1) is 0 Å². The normalized spacial score (nSPS) is 13.6. The maximum Gasteiger partial charge on any atom is 0.165 e. The number of para-hydroxylation sites is 2. The van der Waals surface area contributed by atoms with Crippen molar-refractivity contribution in [3.05, 3.63) is 151 Å². The van der Waals surface area contributed by atoms with Gasteiger partial charge in [-0.25, -0.2) is 9.97 Å². The molecule has 2 heterocycles. The summed E-state index contributed by atoms with van der Waals surface area (Å²) in [6.45, 7) is 4.66. The van der Waals surface area contributed by atoms with Crippen LogP contribution in [0.15, 0.2) is 140 Å². The second kappa shape index (κ2) is 9.12. The van der Waals surface area contributed by atoms with E-state index in [0.29, 0.717) is 0 Å². The smallest absolute Gasteiger partial charge is 0.165 e. The average Bonchev–Trinajstić information content (AvgIpc) is 3.57. The minimum atomic E-state index is -0.114. The van der Waals surface area contributed by atoms with Gasteiger partial charge in [0.25, 0.3) is 0 Å². The minimum absolute atomic E-state index is 0.114. The van der Waals surface area contributed by atoms with Crippen LogP contribution < -0.4 is 0 Å². The van der Waals surface area contributed by atoms with Crippen molar-refractivity contribution in [3.63, 3.8) is 0 Å². The molecule has 1 aliphatic rings. The topological polar surface area (TPSA) is 30.7 Å². The first-order valence-electron chi connectivity index (χ1n) is 15.9. The van der Waals surface area contributed by atoms with Gasteiger partial charge in [-0.15, -0.1) is 0 Å². The molecule has 46 heavy (non-hydrogen) atoms. The van der Waals surface area contributed by atoms with E-state index in [9.17, 15) is 0 Å². The lowest BCUT2D eigenvalue weighted by Crippen LogP contribution is -2.15. The van der Waals surface area contributed by atoms with Crippen molar-refractivity contribution in [2.24, 2.45) is 0 Å². The van der Waals surface area contributed by atoms with Crippen molar-refractivity contribution < 1.29 is 0 Å². The molecule has 0 fully saturated rings. The molecule has 2 aromatic heterocycles. The van der Waals surface area contributed by atoms with Gasteiger partial charge in [0.2, 0.25) is 0 Å². The van der Waals surface area contributed by atoms with E-state index < -0.39 is 0 Å². The van der Waals surface area contributed by atoms with Crippen LogP contribution in [0.1, 0.15) is 25.0 Å². The average molecular weight is 588 g/mol. The van der Waals surface area contributed by atoms with Crippen LogP contribution in [-0.2, 0) is 5.41 Å². The fourth-order valence-electron chi connectivity index (χ4n) is 7.97. The number of hydrogen-bond donors (Lipinski definition) is 0. The molecule has 0 radical (unpaired) electrons. The van der Waals surface area contributed by atoms with Gasteiger partial charge in [0.05, 0.1) is 22.1 Å². The predicted molar refractivity (Wildman–Crippen MR) is 192 cm³/mol. The Labute approximate surface area is 266 Å². The quantitative estimate of drug-likeness (QED) is 0.201. The van der Waals surface area contributed by atoms with Crippen molar-refractivity contribution in [1.29, 1.82) is 0 Å². The monoisotopic (exact) mass is 587 g/mol. The van der Waals surface area contributed by atoms with Gasteiger partial charge >= 0.3 is 0 Å². The Bertz CT molecular complexity index is 2640. The van der Waals surface area contributed by atoms with Gasteiger partial charge < -0.3 is 0 Å². The molecule has 3 nitrogen and oxygen atoms in total. The number of benzene rings is 7. The molecule has 0 unspecified atom stereocenters. The van der Waals surface area contributed by atoms with Crippen LogP contribution >= 0.6 is 0 Å². The SMILES string of the molecule is CC1(C)c2ccccc2-c2ccc(-c3nc4ccccc4nc3-n3c4ccc5ccccc5c4c4c5ccccc5ccc43)cc21. The van der Waals surface area contributed by atoms with Crippen molar-refractivity contribution in [1.82, 2.24) is 14.5 Å². The first-order valence-corrected chi connectivity index (χ1v) is 15.9. The van der Waals surface area contributed by atoms with Crippen molar-refractivity contribution in [2.75, 3.05) is 0 Å². The zero-order valence-electron chi connectivity index (χ0n) is 25.6. The van der Waals surface area contributed by atoms with Gasteiger partial charge in [0, 0.05) is 21.8 Å². The van der Waals surface area contributed by atoms with Crippen LogP contribution in [0.25, 0.3) is 82.6 Å². The van der Waals surface area contributed by atoms with Gasteiger partial charge in [-0.3, -0.25) is 4.57 Å². The summed E-state index contributed by atoms with van der Waals surface area (Å²) in [7, 11) is 0. The summed E-state index contributed by atoms with van der Waals surface area (Å²) in [6, 6.07) is 50.3. The second-order valence-corrected chi connectivity index (χ2v) is 13.0.